The maximum Gasteiger partial charge on any atom is 0.258 e. The lowest BCUT2D eigenvalue weighted by Gasteiger charge is -2.14. The third-order valence-corrected chi connectivity index (χ3v) is 2.93. The normalized spacial score (nSPS) is 10.1. The Balaban J connectivity index is 2.76. The zero-order valence-corrected chi connectivity index (χ0v) is 12.8. The largest absolute Gasteiger partial charge is 0.483 e. The van der Waals surface area contributed by atoms with Crippen LogP contribution in [-0.4, -0.2) is 26.1 Å². The molecule has 0 aliphatic carbocycles. The quantitative estimate of drug-likeness (QED) is 0.755. The van der Waals surface area contributed by atoms with Crippen LogP contribution in [0, 0.1) is 6.92 Å². The van der Waals surface area contributed by atoms with E-state index < -0.39 is 0 Å². The molecule has 4 nitrogen and oxygen atoms in total. The van der Waals surface area contributed by atoms with Crippen molar-refractivity contribution in [1.82, 2.24) is 10.6 Å². The van der Waals surface area contributed by atoms with Gasteiger partial charge in [-0.25, -0.2) is 0 Å². The SMILES string of the molecule is C=CCNC(=O)COc1c(C)cc(Br)cc1CNC. The van der Waals surface area contributed by atoms with Crippen LogP contribution in [0.1, 0.15) is 11.1 Å². The van der Waals surface area contributed by atoms with Crippen molar-refractivity contribution in [2.24, 2.45) is 0 Å². The first-order valence-electron chi connectivity index (χ1n) is 6.02. The molecule has 19 heavy (non-hydrogen) atoms. The molecule has 0 heterocycles. The van der Waals surface area contributed by atoms with Crippen LogP contribution in [0.2, 0.25) is 0 Å². The van der Waals surface area contributed by atoms with Crippen molar-refractivity contribution in [1.29, 1.82) is 0 Å². The summed E-state index contributed by atoms with van der Waals surface area (Å²) in [5.41, 5.74) is 2.02. The van der Waals surface area contributed by atoms with Gasteiger partial charge in [-0.2, -0.15) is 0 Å². The van der Waals surface area contributed by atoms with Gasteiger partial charge in [-0.05, 0) is 31.7 Å². The Morgan fingerprint density at radius 1 is 1.53 bits per heavy atom. The highest BCUT2D eigenvalue weighted by Crippen LogP contribution is 2.28. The summed E-state index contributed by atoms with van der Waals surface area (Å²) in [6.07, 6.45) is 1.63. The summed E-state index contributed by atoms with van der Waals surface area (Å²) in [6.45, 7) is 6.64. The lowest BCUT2D eigenvalue weighted by Crippen LogP contribution is -2.29. The van der Waals surface area contributed by atoms with Crippen LogP contribution in [0.3, 0.4) is 0 Å². The first kappa shape index (κ1) is 15.7. The van der Waals surface area contributed by atoms with Crippen LogP contribution in [0.15, 0.2) is 29.3 Å². The van der Waals surface area contributed by atoms with Gasteiger partial charge in [-0.3, -0.25) is 4.79 Å². The van der Waals surface area contributed by atoms with E-state index in [0.29, 0.717) is 13.1 Å². The third-order valence-electron chi connectivity index (χ3n) is 2.47. The van der Waals surface area contributed by atoms with Crippen molar-refractivity contribution in [3.8, 4) is 5.75 Å². The van der Waals surface area contributed by atoms with Crippen molar-refractivity contribution in [3.63, 3.8) is 0 Å². The fourth-order valence-electron chi connectivity index (χ4n) is 1.70. The van der Waals surface area contributed by atoms with E-state index in [-0.39, 0.29) is 12.5 Å². The molecule has 0 aliphatic heterocycles. The van der Waals surface area contributed by atoms with Gasteiger partial charge in [-0.1, -0.05) is 22.0 Å². The first-order chi connectivity index (χ1) is 9.08. The molecule has 0 aromatic heterocycles. The summed E-state index contributed by atoms with van der Waals surface area (Å²) < 4.78 is 6.63. The molecular formula is C14H19BrN2O2. The molecule has 0 atom stereocenters. The highest BCUT2D eigenvalue weighted by molar-refractivity contribution is 9.10. The highest BCUT2D eigenvalue weighted by Gasteiger charge is 2.10. The Bertz CT molecular complexity index is 461. The number of ether oxygens (including phenoxy) is 1. The Hall–Kier alpha value is -1.33. The molecule has 1 amide bonds. The molecule has 1 aromatic carbocycles. The molecule has 5 heteroatoms. The fourth-order valence-corrected chi connectivity index (χ4v) is 2.32. The predicted molar refractivity (Wildman–Crippen MR) is 80.3 cm³/mol. The van der Waals surface area contributed by atoms with E-state index in [1.54, 1.807) is 6.08 Å². The van der Waals surface area contributed by atoms with E-state index in [0.717, 1.165) is 21.3 Å². The number of hydrogen-bond acceptors (Lipinski definition) is 3. The molecular weight excluding hydrogens is 308 g/mol. The van der Waals surface area contributed by atoms with Crippen LogP contribution < -0.4 is 15.4 Å². The number of carbonyl (C=O) groups excluding carboxylic acids is 1. The average Bonchev–Trinajstić information content (AvgIpc) is 2.35. The number of halogens is 1. The number of hydrogen-bond donors (Lipinski definition) is 2. The number of rotatable bonds is 7. The second-order valence-electron chi connectivity index (χ2n) is 4.12. The Labute approximate surface area is 122 Å². The Morgan fingerprint density at radius 2 is 2.26 bits per heavy atom. The van der Waals surface area contributed by atoms with Crippen molar-refractivity contribution >= 4 is 21.8 Å². The van der Waals surface area contributed by atoms with Gasteiger partial charge >= 0.3 is 0 Å². The summed E-state index contributed by atoms with van der Waals surface area (Å²) in [4.78, 5) is 11.5. The molecule has 0 saturated carbocycles. The molecule has 0 fully saturated rings. The molecule has 0 radical (unpaired) electrons. The second-order valence-corrected chi connectivity index (χ2v) is 5.04. The number of benzene rings is 1. The minimum Gasteiger partial charge on any atom is -0.483 e. The van der Waals surface area contributed by atoms with E-state index >= 15 is 0 Å². The zero-order chi connectivity index (χ0) is 14.3. The highest BCUT2D eigenvalue weighted by atomic mass is 79.9. The molecule has 104 valence electrons. The van der Waals surface area contributed by atoms with Gasteiger partial charge in [0.1, 0.15) is 5.75 Å². The average molecular weight is 327 g/mol. The summed E-state index contributed by atoms with van der Waals surface area (Å²) in [7, 11) is 1.87. The summed E-state index contributed by atoms with van der Waals surface area (Å²) in [5.74, 6) is 0.601. The topological polar surface area (TPSA) is 50.4 Å². The standard InChI is InChI=1S/C14H19BrN2O2/c1-4-5-17-13(18)9-19-14-10(2)6-12(15)7-11(14)8-16-3/h4,6-7,16H,1,5,8-9H2,2-3H3,(H,17,18). The fraction of sp³-hybridized carbons (Fsp3) is 0.357. The Morgan fingerprint density at radius 3 is 2.89 bits per heavy atom. The first-order valence-corrected chi connectivity index (χ1v) is 6.81. The van der Waals surface area contributed by atoms with Crippen molar-refractivity contribution in [2.45, 2.75) is 13.5 Å². The van der Waals surface area contributed by atoms with Crippen molar-refractivity contribution in [3.05, 3.63) is 40.4 Å². The predicted octanol–water partition coefficient (Wildman–Crippen LogP) is 2.16. The smallest absolute Gasteiger partial charge is 0.258 e. The van der Waals surface area contributed by atoms with E-state index in [4.69, 9.17) is 4.74 Å². The third kappa shape index (κ3) is 5.04. The van der Waals surface area contributed by atoms with Crippen LogP contribution in [0.5, 0.6) is 5.75 Å². The van der Waals surface area contributed by atoms with Gasteiger partial charge < -0.3 is 15.4 Å². The number of aryl methyl sites for hydroxylation is 1. The molecule has 2 N–H and O–H groups in total. The van der Waals surface area contributed by atoms with E-state index in [1.165, 1.54) is 0 Å². The minimum absolute atomic E-state index is 0.00697. The summed E-state index contributed by atoms with van der Waals surface area (Å²) in [6, 6.07) is 3.95. The summed E-state index contributed by atoms with van der Waals surface area (Å²) >= 11 is 3.46. The molecule has 0 bridgehead atoms. The lowest BCUT2D eigenvalue weighted by molar-refractivity contribution is -0.122. The number of nitrogens with one attached hydrogen (secondary N) is 2. The van der Waals surface area contributed by atoms with Gasteiger partial charge in [0.2, 0.25) is 0 Å². The number of carbonyl (C=O) groups is 1. The zero-order valence-electron chi connectivity index (χ0n) is 11.3. The van der Waals surface area contributed by atoms with Gasteiger partial charge in [0.05, 0.1) is 0 Å². The van der Waals surface area contributed by atoms with Gasteiger partial charge in [0.25, 0.3) is 5.91 Å². The molecule has 0 unspecified atom stereocenters. The van der Waals surface area contributed by atoms with Crippen LogP contribution >= 0.6 is 15.9 Å². The Kier molecular flexibility index (Phi) is 6.59. The monoisotopic (exact) mass is 326 g/mol. The van der Waals surface area contributed by atoms with E-state index in [1.807, 2.05) is 26.1 Å². The van der Waals surface area contributed by atoms with Gasteiger partial charge in [0, 0.05) is 23.1 Å². The maximum absolute atomic E-state index is 11.5. The minimum atomic E-state index is -0.155. The maximum atomic E-state index is 11.5. The van der Waals surface area contributed by atoms with E-state index in [9.17, 15) is 4.79 Å². The molecule has 0 saturated heterocycles. The number of amides is 1. The van der Waals surface area contributed by atoms with Crippen LogP contribution in [-0.2, 0) is 11.3 Å². The van der Waals surface area contributed by atoms with Crippen molar-refractivity contribution < 1.29 is 9.53 Å². The van der Waals surface area contributed by atoms with Crippen LogP contribution in [0.25, 0.3) is 0 Å². The lowest BCUT2D eigenvalue weighted by atomic mass is 10.1. The molecule has 1 rings (SSSR count). The second kappa shape index (κ2) is 7.96. The van der Waals surface area contributed by atoms with Crippen molar-refractivity contribution in [2.75, 3.05) is 20.2 Å². The van der Waals surface area contributed by atoms with Gasteiger partial charge in [0.15, 0.2) is 6.61 Å². The molecule has 1 aromatic rings. The summed E-state index contributed by atoms with van der Waals surface area (Å²) in [5, 5.41) is 5.76. The molecule has 0 spiro atoms. The molecule has 0 aliphatic rings. The van der Waals surface area contributed by atoms with Gasteiger partial charge in [-0.15, -0.1) is 6.58 Å². The van der Waals surface area contributed by atoms with E-state index in [2.05, 4.69) is 33.1 Å². The van der Waals surface area contributed by atoms with Crippen LogP contribution in [0.4, 0.5) is 0 Å².